The predicted octanol–water partition coefficient (Wildman–Crippen LogP) is 2.43. The van der Waals surface area contributed by atoms with Gasteiger partial charge >= 0.3 is 11.9 Å². The monoisotopic (exact) mass is 771 g/mol. The molecule has 16 heteroatoms. The number of Topliss-reactive ketones (excluding diaryl/α,β-unsaturated/α-hetero) is 1. The number of nitrogens with one attached hydrogen (secondary N) is 1. The van der Waals surface area contributed by atoms with Gasteiger partial charge in [0.15, 0.2) is 17.9 Å². The maximum atomic E-state index is 13.9. The van der Waals surface area contributed by atoms with Crippen LogP contribution in [-0.4, -0.2) is 112 Å². The number of aliphatic hydroxyl groups excluding tert-OH is 2. The lowest BCUT2D eigenvalue weighted by Crippen LogP contribution is -2.54. The number of carbonyl (C=O) groups excluding carboxylic acids is 5. The Bertz CT molecular complexity index is 1790. The van der Waals surface area contributed by atoms with Crippen LogP contribution in [0.2, 0.25) is 0 Å². The molecule has 6 N–H and O–H groups in total. The molecule has 55 heavy (non-hydrogen) atoms. The van der Waals surface area contributed by atoms with Crippen LogP contribution in [0.25, 0.3) is 0 Å². The van der Waals surface area contributed by atoms with E-state index in [4.69, 9.17) is 23.7 Å². The zero-order chi connectivity index (χ0) is 40.2. The van der Waals surface area contributed by atoms with Gasteiger partial charge in [-0.15, -0.1) is 0 Å². The highest BCUT2D eigenvalue weighted by Crippen LogP contribution is 2.52. The molecule has 300 valence electrons. The van der Waals surface area contributed by atoms with Crippen molar-refractivity contribution in [2.45, 2.75) is 121 Å². The number of aliphatic hydroxyl groups is 3. The second kappa shape index (κ2) is 17.6. The molecule has 2 aromatic rings. The number of hydrogen-bond donors (Lipinski definition) is 6. The molecule has 1 fully saturated rings. The van der Waals surface area contributed by atoms with E-state index in [0.29, 0.717) is 19.4 Å². The lowest BCUT2D eigenvalue weighted by atomic mass is 9.72. The van der Waals surface area contributed by atoms with Crippen molar-refractivity contribution >= 4 is 29.3 Å². The van der Waals surface area contributed by atoms with Gasteiger partial charge in [-0.2, -0.15) is 0 Å². The van der Waals surface area contributed by atoms with Crippen molar-refractivity contribution in [1.29, 1.82) is 0 Å². The van der Waals surface area contributed by atoms with Crippen molar-refractivity contribution < 1.29 is 73.2 Å². The van der Waals surface area contributed by atoms with Crippen LogP contribution >= 0.6 is 0 Å². The zero-order valence-corrected chi connectivity index (χ0v) is 31.3. The number of phenols is 2. The molecule has 0 bridgehead atoms. The van der Waals surface area contributed by atoms with E-state index in [1.807, 2.05) is 0 Å². The molecule has 1 aliphatic heterocycles. The topological polar surface area (TPSA) is 245 Å². The molecule has 1 heterocycles. The minimum absolute atomic E-state index is 0.0656. The maximum absolute atomic E-state index is 13.9. The first-order valence-electron chi connectivity index (χ1n) is 18.4. The SMILES string of the molecule is COc1cccc2c1C(=O)c1c(O)c3c(c(O)c1C2=O)C[C@@](O)(C(=O)CO)C[C@@H]3O[C@H]1C[C@H](NCCCCCCCC(OC(C)=O)OC(C)=O)[C@H](O)[C@H](C)O1. The minimum atomic E-state index is -2.29. The Hall–Kier alpha value is -4.45. The quantitative estimate of drug-likeness (QED) is 0.0530. The summed E-state index contributed by atoms with van der Waals surface area (Å²) < 4.78 is 27.7. The molecule has 5 rings (SSSR count). The van der Waals surface area contributed by atoms with Gasteiger partial charge in [-0.05, 0) is 32.4 Å². The Morgan fingerprint density at radius 3 is 2.27 bits per heavy atom. The lowest BCUT2D eigenvalue weighted by Gasteiger charge is -2.43. The fourth-order valence-electron chi connectivity index (χ4n) is 7.68. The number of carbonyl (C=O) groups is 5. The van der Waals surface area contributed by atoms with E-state index >= 15 is 0 Å². The summed E-state index contributed by atoms with van der Waals surface area (Å²) in [4.78, 5) is 63.1. The van der Waals surface area contributed by atoms with Crippen molar-refractivity contribution in [2.75, 3.05) is 20.3 Å². The van der Waals surface area contributed by atoms with Crippen molar-refractivity contribution in [3.05, 3.63) is 51.6 Å². The maximum Gasteiger partial charge on any atom is 0.305 e. The second-order valence-electron chi connectivity index (χ2n) is 14.3. The highest BCUT2D eigenvalue weighted by atomic mass is 16.7. The molecular formula is C39H49NO15. The van der Waals surface area contributed by atoms with Gasteiger partial charge in [0.05, 0.1) is 42.1 Å². The molecule has 6 atom stereocenters. The molecule has 1 saturated heterocycles. The Labute approximate surface area is 317 Å². The number of unbranched alkanes of at least 4 members (excludes halogenated alkanes) is 4. The second-order valence-corrected chi connectivity index (χ2v) is 14.3. The van der Waals surface area contributed by atoms with Gasteiger partial charge in [-0.25, -0.2) is 0 Å². The molecule has 0 radical (unpaired) electrons. The van der Waals surface area contributed by atoms with Crippen LogP contribution in [0.5, 0.6) is 17.2 Å². The molecule has 0 amide bonds. The number of rotatable bonds is 16. The summed E-state index contributed by atoms with van der Waals surface area (Å²) in [6.45, 7) is 3.62. The molecule has 0 aromatic heterocycles. The van der Waals surface area contributed by atoms with Gasteiger partial charge in [-0.1, -0.05) is 31.4 Å². The third-order valence-corrected chi connectivity index (χ3v) is 10.4. The average Bonchev–Trinajstić information content (AvgIpc) is 3.13. The van der Waals surface area contributed by atoms with Gasteiger partial charge in [0.25, 0.3) is 0 Å². The average molecular weight is 772 g/mol. The molecule has 0 unspecified atom stereocenters. The first-order valence-corrected chi connectivity index (χ1v) is 18.4. The molecule has 16 nitrogen and oxygen atoms in total. The number of phenolic OH excluding ortho intramolecular Hbond substituents is 2. The number of ketones is 3. The largest absolute Gasteiger partial charge is 0.507 e. The van der Waals surface area contributed by atoms with Crippen LogP contribution in [-0.2, 0) is 39.8 Å². The van der Waals surface area contributed by atoms with Crippen LogP contribution in [0, 0.1) is 0 Å². The van der Waals surface area contributed by atoms with Gasteiger partial charge < -0.3 is 54.5 Å². The number of hydrogen-bond acceptors (Lipinski definition) is 16. The van der Waals surface area contributed by atoms with E-state index in [9.17, 15) is 49.5 Å². The summed E-state index contributed by atoms with van der Waals surface area (Å²) in [5, 5.41) is 58.9. The number of methoxy groups -OCH3 is 1. The van der Waals surface area contributed by atoms with Crippen molar-refractivity contribution in [2.24, 2.45) is 0 Å². The zero-order valence-electron chi connectivity index (χ0n) is 31.3. The highest BCUT2D eigenvalue weighted by Gasteiger charge is 2.50. The smallest absolute Gasteiger partial charge is 0.305 e. The van der Waals surface area contributed by atoms with E-state index in [-0.39, 0.29) is 34.4 Å². The van der Waals surface area contributed by atoms with Crippen molar-refractivity contribution in [3.8, 4) is 17.2 Å². The van der Waals surface area contributed by atoms with Gasteiger partial charge in [-0.3, -0.25) is 24.0 Å². The van der Waals surface area contributed by atoms with Crippen LogP contribution in [0.15, 0.2) is 18.2 Å². The Morgan fingerprint density at radius 2 is 1.62 bits per heavy atom. The molecule has 0 spiro atoms. The number of fused-ring (bicyclic) bond motifs is 3. The standard InChI is InChI=1S/C39H49NO15/c1-19-34(45)24(40-14-9-7-5-6-8-13-28(53-20(2)42)54-21(3)43)15-29(52-19)55-26-17-39(50,27(44)18-41)16-23-31(26)38(49)33-32(36(23)47)35(46)22-11-10-12-25(51-4)30(22)37(33)48/h10-12,19,24,26,28-29,34,40-41,45,47,49-50H,5-9,13-18H2,1-4H3/t19-,24-,26-,29-,34+,39-/m0/s1. The van der Waals surface area contributed by atoms with Crippen molar-refractivity contribution in [1.82, 2.24) is 5.32 Å². The Kier molecular flexibility index (Phi) is 13.3. The summed E-state index contributed by atoms with van der Waals surface area (Å²) in [5.41, 5.74) is -3.74. The Balaban J connectivity index is 1.30. The number of benzene rings is 2. The molecular weight excluding hydrogens is 722 g/mol. The fraction of sp³-hybridized carbons (Fsp3) is 0.564. The van der Waals surface area contributed by atoms with E-state index in [2.05, 4.69) is 5.32 Å². The van der Waals surface area contributed by atoms with Gasteiger partial charge in [0.2, 0.25) is 12.1 Å². The lowest BCUT2D eigenvalue weighted by molar-refractivity contribution is -0.249. The molecule has 2 aromatic carbocycles. The number of aromatic hydroxyl groups is 2. The minimum Gasteiger partial charge on any atom is -0.507 e. The van der Waals surface area contributed by atoms with Crippen LogP contribution < -0.4 is 10.1 Å². The van der Waals surface area contributed by atoms with E-state index in [1.54, 1.807) is 6.92 Å². The van der Waals surface area contributed by atoms with E-state index < -0.39 is 114 Å². The predicted molar refractivity (Wildman–Crippen MR) is 191 cm³/mol. The van der Waals surface area contributed by atoms with Crippen molar-refractivity contribution in [3.63, 3.8) is 0 Å². The summed E-state index contributed by atoms with van der Waals surface area (Å²) >= 11 is 0. The summed E-state index contributed by atoms with van der Waals surface area (Å²) in [6.07, 6.45) is -1.70. The first-order chi connectivity index (χ1) is 26.1. The van der Waals surface area contributed by atoms with Crippen LogP contribution in [0.4, 0.5) is 0 Å². The summed E-state index contributed by atoms with van der Waals surface area (Å²) in [6, 6.07) is 3.85. The van der Waals surface area contributed by atoms with Gasteiger partial charge in [0, 0.05) is 62.3 Å². The van der Waals surface area contributed by atoms with E-state index in [0.717, 1.165) is 25.7 Å². The summed E-state index contributed by atoms with van der Waals surface area (Å²) in [5.74, 6) is -4.92. The highest BCUT2D eigenvalue weighted by molar-refractivity contribution is 6.31. The van der Waals surface area contributed by atoms with Crippen LogP contribution in [0.1, 0.15) is 121 Å². The van der Waals surface area contributed by atoms with Gasteiger partial charge in [0.1, 0.15) is 29.5 Å². The third kappa shape index (κ3) is 8.84. The normalized spacial score (nSPS) is 24.5. The van der Waals surface area contributed by atoms with Crippen LogP contribution in [0.3, 0.4) is 0 Å². The fourth-order valence-corrected chi connectivity index (χ4v) is 7.68. The Morgan fingerprint density at radius 1 is 0.964 bits per heavy atom. The number of esters is 2. The third-order valence-electron chi connectivity index (χ3n) is 10.4. The summed E-state index contributed by atoms with van der Waals surface area (Å²) in [7, 11) is 1.32. The molecule has 3 aliphatic rings. The number of ether oxygens (including phenoxy) is 5. The molecule has 2 aliphatic carbocycles. The van der Waals surface area contributed by atoms with E-state index in [1.165, 1.54) is 39.2 Å². The first kappa shape index (κ1) is 41.7. The molecule has 0 saturated carbocycles.